The number of azo groups is 2. The first-order valence-electron chi connectivity index (χ1n) is 12.5. The summed E-state index contributed by atoms with van der Waals surface area (Å²) in [6.07, 6.45) is 0. The molecule has 0 aliphatic rings. The first-order valence-corrected chi connectivity index (χ1v) is 12.5. The van der Waals surface area contributed by atoms with Crippen molar-refractivity contribution >= 4 is 56.9 Å². The Morgan fingerprint density at radius 1 is 0.477 bits per heavy atom. The zero-order valence-corrected chi connectivity index (χ0v) is 22.3. The topological polar surface area (TPSA) is 246 Å². The number of hydrogen-bond acceptors (Lipinski definition) is 14. The molecule has 0 spiro atoms. The van der Waals surface area contributed by atoms with Crippen molar-refractivity contribution < 1.29 is 19.7 Å². The van der Waals surface area contributed by atoms with Crippen LogP contribution in [-0.4, -0.2) is 32.8 Å². The van der Waals surface area contributed by atoms with E-state index in [1.165, 1.54) is 0 Å². The van der Waals surface area contributed by atoms with Crippen LogP contribution in [0.15, 0.2) is 105 Å². The van der Waals surface area contributed by atoms with Gasteiger partial charge in [-0.15, -0.1) is 10.2 Å². The van der Waals surface area contributed by atoms with Crippen molar-refractivity contribution in [3.05, 3.63) is 125 Å². The molecule has 0 saturated carbocycles. The quantitative estimate of drug-likeness (QED) is 0.0655. The highest BCUT2D eigenvalue weighted by Gasteiger charge is 2.20. The molecule has 0 atom stereocenters. The highest BCUT2D eigenvalue weighted by Crippen LogP contribution is 2.34. The van der Waals surface area contributed by atoms with Crippen LogP contribution < -0.4 is 10.6 Å². The van der Waals surface area contributed by atoms with Gasteiger partial charge in [-0.1, -0.05) is 0 Å². The fraction of sp³-hybridized carbons (Fsp3) is 0.0769. The molecule has 18 heteroatoms. The molecule has 0 fully saturated rings. The van der Waals surface area contributed by atoms with Crippen LogP contribution in [0.4, 0.5) is 56.9 Å². The van der Waals surface area contributed by atoms with Gasteiger partial charge in [0.1, 0.15) is 0 Å². The van der Waals surface area contributed by atoms with Crippen LogP contribution >= 0.6 is 0 Å². The van der Waals surface area contributed by atoms with E-state index in [0.717, 1.165) is 47.8 Å². The summed E-state index contributed by atoms with van der Waals surface area (Å²) in [4.78, 5) is 41.2. The third kappa shape index (κ3) is 7.94. The smallest absolute Gasteiger partial charge is 0.303 e. The summed E-state index contributed by atoms with van der Waals surface area (Å²) in [6.45, 7) is 1.09. The van der Waals surface area contributed by atoms with E-state index in [9.17, 15) is 40.5 Å². The minimum Gasteiger partial charge on any atom is -0.383 e. The molecule has 0 aliphatic heterocycles. The van der Waals surface area contributed by atoms with Crippen molar-refractivity contribution in [3.63, 3.8) is 0 Å². The van der Waals surface area contributed by atoms with Crippen molar-refractivity contribution in [3.8, 4) is 0 Å². The summed E-state index contributed by atoms with van der Waals surface area (Å²) in [5.74, 6) is 0. The highest BCUT2D eigenvalue weighted by atomic mass is 16.6. The number of benzene rings is 4. The van der Waals surface area contributed by atoms with E-state index < -0.39 is 42.4 Å². The van der Waals surface area contributed by atoms with Gasteiger partial charge in [0.25, 0.3) is 11.4 Å². The predicted molar refractivity (Wildman–Crippen MR) is 158 cm³/mol. The molecule has 4 rings (SSSR count). The summed E-state index contributed by atoms with van der Waals surface area (Å²) in [6, 6.07) is 19.8. The van der Waals surface area contributed by atoms with E-state index in [1.54, 1.807) is 48.5 Å². The lowest BCUT2D eigenvalue weighted by molar-refractivity contribution is -0.394. The van der Waals surface area contributed by atoms with E-state index in [2.05, 4.69) is 31.1 Å². The Bertz CT molecular complexity index is 1650. The highest BCUT2D eigenvalue weighted by molar-refractivity contribution is 5.63. The Morgan fingerprint density at radius 2 is 0.841 bits per heavy atom. The molecule has 4 aromatic carbocycles. The molecule has 0 heterocycles. The zero-order chi connectivity index (χ0) is 31.6. The Labute approximate surface area is 246 Å². The third-order valence-electron chi connectivity index (χ3n) is 5.80. The number of hydrogen-bond donors (Lipinski definition) is 2. The Balaban J connectivity index is 1.27. The summed E-state index contributed by atoms with van der Waals surface area (Å²) in [5.41, 5.74) is 0.279. The van der Waals surface area contributed by atoms with E-state index in [1.807, 2.05) is 0 Å². The molecule has 0 amide bonds. The molecular weight excluding hydrogens is 580 g/mol. The third-order valence-corrected chi connectivity index (χ3v) is 5.80. The van der Waals surface area contributed by atoms with Gasteiger partial charge in [-0.2, -0.15) is 10.2 Å². The molecule has 0 aromatic heterocycles. The maximum absolute atomic E-state index is 11.2. The van der Waals surface area contributed by atoms with E-state index in [4.69, 9.17) is 0 Å². The second-order valence-corrected chi connectivity index (χ2v) is 8.72. The molecule has 0 aliphatic carbocycles. The van der Waals surface area contributed by atoms with Crippen LogP contribution in [0.2, 0.25) is 0 Å². The fourth-order valence-corrected chi connectivity index (χ4v) is 3.64. The number of anilines is 2. The van der Waals surface area contributed by atoms with Gasteiger partial charge in [0.05, 0.1) is 43.2 Å². The number of nitrogens with zero attached hydrogens (tertiary/aromatic N) is 8. The van der Waals surface area contributed by atoms with Gasteiger partial charge in [-0.05, 0) is 60.7 Å². The molecule has 4 aromatic rings. The second kappa shape index (κ2) is 13.8. The van der Waals surface area contributed by atoms with Gasteiger partial charge in [0.15, 0.2) is 11.4 Å². The summed E-state index contributed by atoms with van der Waals surface area (Å²) in [7, 11) is 0. The van der Waals surface area contributed by atoms with Crippen LogP contribution in [0, 0.1) is 40.5 Å². The lowest BCUT2D eigenvalue weighted by Crippen LogP contribution is -2.13. The molecule has 0 bridgehead atoms. The first kappa shape index (κ1) is 30.2. The number of nitro groups is 4. The Morgan fingerprint density at radius 3 is 1.16 bits per heavy atom. The number of rotatable bonds is 13. The predicted octanol–water partition coefficient (Wildman–Crippen LogP) is 7.67. The first-order chi connectivity index (χ1) is 21.1. The SMILES string of the molecule is O=[N+]([O-])c1ccc(N=Nc2ccc(NCCNc3ccc(N=Nc4ccc([N+](=O)[O-])cc4[N+](=O)[O-])cc3)cc2)c([N+](=O)[O-])c1. The summed E-state index contributed by atoms with van der Waals surface area (Å²) < 4.78 is 0. The summed E-state index contributed by atoms with van der Waals surface area (Å²) in [5, 5.41) is 66.3. The van der Waals surface area contributed by atoms with Crippen molar-refractivity contribution in [2.75, 3.05) is 23.7 Å². The van der Waals surface area contributed by atoms with Gasteiger partial charge in [-0.25, -0.2) is 0 Å². The zero-order valence-electron chi connectivity index (χ0n) is 22.3. The van der Waals surface area contributed by atoms with Gasteiger partial charge in [0.2, 0.25) is 0 Å². The maximum atomic E-state index is 11.2. The molecule has 2 N–H and O–H groups in total. The average Bonchev–Trinajstić information content (AvgIpc) is 3.01. The van der Waals surface area contributed by atoms with Crippen molar-refractivity contribution in [2.24, 2.45) is 20.5 Å². The lowest BCUT2D eigenvalue weighted by Gasteiger charge is -2.09. The van der Waals surface area contributed by atoms with E-state index in [0.29, 0.717) is 24.5 Å². The Hall–Kier alpha value is -6.72. The average molecular weight is 601 g/mol. The molecule has 44 heavy (non-hydrogen) atoms. The molecule has 0 unspecified atom stereocenters. The molecule has 222 valence electrons. The van der Waals surface area contributed by atoms with Gasteiger partial charge >= 0.3 is 11.4 Å². The number of nitro benzene ring substituents is 4. The lowest BCUT2D eigenvalue weighted by atomic mass is 10.2. The molecule has 0 radical (unpaired) electrons. The van der Waals surface area contributed by atoms with Gasteiger partial charge in [-0.3, -0.25) is 40.5 Å². The molecule has 0 saturated heterocycles. The monoisotopic (exact) mass is 600 g/mol. The summed E-state index contributed by atoms with van der Waals surface area (Å²) >= 11 is 0. The minimum atomic E-state index is -0.762. The van der Waals surface area contributed by atoms with Crippen molar-refractivity contribution in [1.29, 1.82) is 0 Å². The van der Waals surface area contributed by atoms with Crippen LogP contribution in [-0.2, 0) is 0 Å². The standard InChI is InChI=1S/C26H20N10O8/c37-33(38)21-9-11-23(25(15-21)35(41)42)31-29-19-5-1-17(2-6-19)27-13-14-28-18-3-7-20(8-4-18)30-32-24-12-10-22(34(39)40)16-26(24)36(43)44/h1-12,15-16,27-28H,13-14H2. The number of non-ortho nitro benzene ring substituents is 2. The minimum absolute atomic E-state index is 0.113. The van der Waals surface area contributed by atoms with Gasteiger partial charge in [0, 0.05) is 36.6 Å². The van der Waals surface area contributed by atoms with Gasteiger partial charge < -0.3 is 10.6 Å². The normalized spacial score (nSPS) is 11.0. The van der Waals surface area contributed by atoms with Crippen LogP contribution in [0.5, 0.6) is 0 Å². The molecule has 18 nitrogen and oxygen atoms in total. The van der Waals surface area contributed by atoms with E-state index in [-0.39, 0.29) is 11.4 Å². The van der Waals surface area contributed by atoms with Crippen LogP contribution in [0.3, 0.4) is 0 Å². The Kier molecular flexibility index (Phi) is 9.46. The maximum Gasteiger partial charge on any atom is 0.303 e. The second-order valence-electron chi connectivity index (χ2n) is 8.72. The van der Waals surface area contributed by atoms with Crippen molar-refractivity contribution in [1.82, 2.24) is 0 Å². The van der Waals surface area contributed by atoms with Crippen LogP contribution in [0.25, 0.3) is 0 Å². The molecular formula is C26H20N10O8. The number of nitrogens with one attached hydrogen (secondary N) is 2. The fourth-order valence-electron chi connectivity index (χ4n) is 3.64. The largest absolute Gasteiger partial charge is 0.383 e. The van der Waals surface area contributed by atoms with Crippen LogP contribution in [0.1, 0.15) is 0 Å². The van der Waals surface area contributed by atoms with E-state index >= 15 is 0 Å². The van der Waals surface area contributed by atoms with Crippen molar-refractivity contribution in [2.45, 2.75) is 0 Å².